The zero-order valence-electron chi connectivity index (χ0n) is 16.0. The molecule has 0 unspecified atom stereocenters. The Morgan fingerprint density at radius 2 is 2.00 bits per heavy atom. The van der Waals surface area contributed by atoms with E-state index in [-0.39, 0.29) is 5.91 Å². The lowest BCUT2D eigenvalue weighted by atomic mass is 10.2. The van der Waals surface area contributed by atoms with Gasteiger partial charge in [0.05, 0.1) is 13.7 Å². The molecule has 6 heteroatoms. The number of nitrogens with zero attached hydrogens (tertiary/aromatic N) is 3. The van der Waals surface area contributed by atoms with E-state index >= 15 is 0 Å². The minimum atomic E-state index is -0.115. The lowest BCUT2D eigenvalue weighted by Gasteiger charge is -2.08. The van der Waals surface area contributed by atoms with E-state index in [2.05, 4.69) is 17.4 Å². The van der Waals surface area contributed by atoms with Crippen molar-refractivity contribution in [2.24, 2.45) is 0 Å². The Kier molecular flexibility index (Phi) is 5.37. The van der Waals surface area contributed by atoms with Crippen LogP contribution in [0.5, 0.6) is 5.75 Å². The smallest absolute Gasteiger partial charge is 0.251 e. The number of hydrogen-bond acceptors (Lipinski definition) is 4. The number of methoxy groups -OCH3 is 1. The highest BCUT2D eigenvalue weighted by Gasteiger charge is 2.28. The first-order valence-corrected chi connectivity index (χ1v) is 9.63. The van der Waals surface area contributed by atoms with Crippen molar-refractivity contribution in [1.82, 2.24) is 20.1 Å². The Balaban J connectivity index is 1.41. The summed E-state index contributed by atoms with van der Waals surface area (Å²) in [4.78, 5) is 17.1. The van der Waals surface area contributed by atoms with E-state index in [0.717, 1.165) is 11.6 Å². The molecule has 1 N–H and O–H groups in total. The summed E-state index contributed by atoms with van der Waals surface area (Å²) in [5.74, 6) is 2.91. The summed E-state index contributed by atoms with van der Waals surface area (Å²) in [7, 11) is 1.59. The van der Waals surface area contributed by atoms with Gasteiger partial charge in [-0.2, -0.15) is 5.10 Å². The van der Waals surface area contributed by atoms with Gasteiger partial charge in [0.1, 0.15) is 11.6 Å². The molecule has 0 saturated heterocycles. The molecule has 1 aliphatic rings. The molecule has 3 aromatic rings. The molecule has 1 amide bonds. The van der Waals surface area contributed by atoms with Crippen LogP contribution in [0.4, 0.5) is 0 Å². The maximum Gasteiger partial charge on any atom is 0.251 e. The Labute approximate surface area is 164 Å². The number of carbonyl (C=O) groups excluding carboxylic acids is 1. The molecule has 1 aliphatic carbocycles. The van der Waals surface area contributed by atoms with Gasteiger partial charge in [-0.15, -0.1) is 0 Å². The Morgan fingerprint density at radius 3 is 2.75 bits per heavy atom. The average molecular weight is 376 g/mol. The van der Waals surface area contributed by atoms with Crippen LogP contribution >= 0.6 is 0 Å². The lowest BCUT2D eigenvalue weighted by molar-refractivity contribution is 0.0953. The molecule has 1 saturated carbocycles. The largest absolute Gasteiger partial charge is 0.497 e. The second-order valence-electron chi connectivity index (χ2n) is 7.04. The van der Waals surface area contributed by atoms with Crippen molar-refractivity contribution in [3.8, 4) is 5.75 Å². The monoisotopic (exact) mass is 376 g/mol. The molecule has 2 aromatic carbocycles. The summed E-state index contributed by atoms with van der Waals surface area (Å²) in [6.45, 7) is 1.20. The first kappa shape index (κ1) is 18.2. The predicted molar refractivity (Wildman–Crippen MR) is 107 cm³/mol. The Hall–Kier alpha value is -3.15. The molecule has 0 bridgehead atoms. The SMILES string of the molecule is COc1cccc(C(=O)NCCc2nc(C3CC3)nn2Cc2ccccc2)c1. The van der Waals surface area contributed by atoms with Gasteiger partial charge in [0.25, 0.3) is 5.91 Å². The van der Waals surface area contributed by atoms with E-state index in [1.165, 1.54) is 18.4 Å². The van der Waals surface area contributed by atoms with Gasteiger partial charge in [-0.25, -0.2) is 9.67 Å². The van der Waals surface area contributed by atoms with E-state index in [9.17, 15) is 4.79 Å². The molecule has 0 radical (unpaired) electrons. The van der Waals surface area contributed by atoms with Crippen molar-refractivity contribution in [2.75, 3.05) is 13.7 Å². The summed E-state index contributed by atoms with van der Waals surface area (Å²) < 4.78 is 7.15. The zero-order chi connectivity index (χ0) is 19.3. The third-order valence-electron chi connectivity index (χ3n) is 4.85. The molecule has 1 heterocycles. The molecule has 0 aliphatic heterocycles. The molecule has 0 atom stereocenters. The van der Waals surface area contributed by atoms with Crippen LogP contribution in [0.25, 0.3) is 0 Å². The summed E-state index contributed by atoms with van der Waals surface area (Å²) >= 11 is 0. The van der Waals surface area contributed by atoms with Crippen molar-refractivity contribution in [3.63, 3.8) is 0 Å². The summed E-state index contributed by atoms with van der Waals surface area (Å²) in [6.07, 6.45) is 2.98. The molecular formula is C22H24N4O2. The van der Waals surface area contributed by atoms with Crippen LogP contribution in [0.1, 0.15) is 46.3 Å². The van der Waals surface area contributed by atoms with Crippen LogP contribution in [0, 0.1) is 0 Å². The van der Waals surface area contributed by atoms with Crippen molar-refractivity contribution in [3.05, 3.63) is 77.4 Å². The second kappa shape index (κ2) is 8.25. The number of aromatic nitrogens is 3. The molecule has 4 rings (SSSR count). The van der Waals surface area contributed by atoms with Gasteiger partial charge in [-0.3, -0.25) is 4.79 Å². The highest BCUT2D eigenvalue weighted by Crippen LogP contribution is 2.38. The molecule has 0 spiro atoms. The minimum absolute atomic E-state index is 0.115. The number of carbonyl (C=O) groups is 1. The number of benzene rings is 2. The quantitative estimate of drug-likeness (QED) is 0.656. The third kappa shape index (κ3) is 4.39. The van der Waals surface area contributed by atoms with Gasteiger partial charge in [0.15, 0.2) is 5.82 Å². The van der Waals surface area contributed by atoms with E-state index in [0.29, 0.717) is 36.7 Å². The van der Waals surface area contributed by atoms with Gasteiger partial charge in [-0.1, -0.05) is 36.4 Å². The van der Waals surface area contributed by atoms with Gasteiger partial charge >= 0.3 is 0 Å². The van der Waals surface area contributed by atoms with E-state index in [4.69, 9.17) is 14.8 Å². The summed E-state index contributed by atoms with van der Waals surface area (Å²) in [6, 6.07) is 17.4. The fourth-order valence-electron chi connectivity index (χ4n) is 3.13. The molecule has 1 fully saturated rings. The van der Waals surface area contributed by atoms with Crippen LogP contribution in [0.15, 0.2) is 54.6 Å². The van der Waals surface area contributed by atoms with Crippen LogP contribution in [0.3, 0.4) is 0 Å². The first-order chi connectivity index (χ1) is 13.7. The highest BCUT2D eigenvalue weighted by atomic mass is 16.5. The van der Waals surface area contributed by atoms with Crippen LogP contribution in [-0.2, 0) is 13.0 Å². The normalized spacial score (nSPS) is 13.3. The number of hydrogen-bond donors (Lipinski definition) is 1. The lowest BCUT2D eigenvalue weighted by Crippen LogP contribution is -2.26. The Morgan fingerprint density at radius 1 is 1.18 bits per heavy atom. The van der Waals surface area contributed by atoms with E-state index in [1.807, 2.05) is 35.0 Å². The second-order valence-corrected chi connectivity index (χ2v) is 7.04. The topological polar surface area (TPSA) is 69.0 Å². The fraction of sp³-hybridized carbons (Fsp3) is 0.318. The van der Waals surface area contributed by atoms with Crippen molar-refractivity contribution < 1.29 is 9.53 Å². The summed E-state index contributed by atoms with van der Waals surface area (Å²) in [5.41, 5.74) is 1.78. The van der Waals surface area contributed by atoms with Gasteiger partial charge < -0.3 is 10.1 Å². The average Bonchev–Trinajstić information content (AvgIpc) is 3.51. The molecule has 1 aromatic heterocycles. The number of amides is 1. The predicted octanol–water partition coefficient (Wildman–Crippen LogP) is 3.18. The standard InChI is InChI=1S/C22H24N4O2/c1-28-19-9-5-8-18(14-19)22(27)23-13-12-20-24-21(17-10-11-17)25-26(20)15-16-6-3-2-4-7-16/h2-9,14,17H,10-13,15H2,1H3,(H,23,27). The maximum atomic E-state index is 12.4. The number of ether oxygens (including phenoxy) is 1. The van der Waals surface area contributed by atoms with Crippen LogP contribution in [-0.4, -0.2) is 34.3 Å². The number of rotatable bonds is 8. The first-order valence-electron chi connectivity index (χ1n) is 9.63. The molecule has 6 nitrogen and oxygen atoms in total. The molecule has 28 heavy (non-hydrogen) atoms. The maximum absolute atomic E-state index is 12.4. The van der Waals surface area contributed by atoms with Gasteiger partial charge in [-0.05, 0) is 36.6 Å². The van der Waals surface area contributed by atoms with Crippen LogP contribution in [0.2, 0.25) is 0 Å². The van der Waals surface area contributed by atoms with Gasteiger partial charge in [0, 0.05) is 24.4 Å². The fourth-order valence-corrected chi connectivity index (χ4v) is 3.13. The molecule has 144 valence electrons. The summed E-state index contributed by atoms with van der Waals surface area (Å²) in [5, 5.41) is 7.69. The molecular weight excluding hydrogens is 352 g/mol. The number of nitrogens with one attached hydrogen (secondary N) is 1. The zero-order valence-corrected chi connectivity index (χ0v) is 16.0. The van der Waals surface area contributed by atoms with Crippen LogP contribution < -0.4 is 10.1 Å². The van der Waals surface area contributed by atoms with E-state index < -0.39 is 0 Å². The highest BCUT2D eigenvalue weighted by molar-refractivity contribution is 5.94. The minimum Gasteiger partial charge on any atom is -0.497 e. The van der Waals surface area contributed by atoms with Gasteiger partial charge in [0.2, 0.25) is 0 Å². The van der Waals surface area contributed by atoms with E-state index in [1.54, 1.807) is 19.2 Å². The van der Waals surface area contributed by atoms with Crippen molar-refractivity contribution in [1.29, 1.82) is 0 Å². The Bertz CT molecular complexity index is 948. The van der Waals surface area contributed by atoms with Crippen molar-refractivity contribution in [2.45, 2.75) is 31.7 Å². The van der Waals surface area contributed by atoms with Crippen molar-refractivity contribution >= 4 is 5.91 Å². The third-order valence-corrected chi connectivity index (χ3v) is 4.85.